The number of thiazole rings is 1. The summed E-state index contributed by atoms with van der Waals surface area (Å²) in [6.07, 6.45) is 1.37. The van der Waals surface area contributed by atoms with E-state index in [9.17, 15) is 8.42 Å². The number of nitrogens with two attached hydrogens (primary N) is 1. The van der Waals surface area contributed by atoms with E-state index in [1.54, 1.807) is 20.8 Å². The number of hydrogen-bond donors (Lipinski definition) is 1. The molecule has 2 N–H and O–H groups in total. The molecule has 0 atom stereocenters. The molecule has 0 aliphatic rings. The second-order valence-corrected chi connectivity index (χ2v) is 7.69. The van der Waals surface area contributed by atoms with Crippen molar-refractivity contribution in [2.45, 2.75) is 31.0 Å². The third kappa shape index (κ3) is 3.44. The molecule has 0 saturated heterocycles. The van der Waals surface area contributed by atoms with Crippen molar-refractivity contribution in [2.75, 3.05) is 6.54 Å². The number of aryl methyl sites for hydroxylation is 1. The number of nitrogens with zero attached hydrogens (tertiary/aromatic N) is 2. The lowest BCUT2D eigenvalue weighted by Gasteiger charge is -2.24. The molecule has 1 rings (SSSR count). The average molecular weight is 293 g/mol. The van der Waals surface area contributed by atoms with E-state index in [-0.39, 0.29) is 21.8 Å². The van der Waals surface area contributed by atoms with Crippen LogP contribution in [0.3, 0.4) is 0 Å². The van der Waals surface area contributed by atoms with Crippen molar-refractivity contribution in [1.82, 2.24) is 9.29 Å². The third-order valence-corrected chi connectivity index (χ3v) is 5.55. The molecule has 0 bridgehead atoms. The monoisotopic (exact) mass is 293 g/mol. The minimum Gasteiger partial charge on any atom is -0.392 e. The normalized spacial score (nSPS) is 12.3. The zero-order valence-electron chi connectivity index (χ0n) is 9.87. The Morgan fingerprint density at radius 3 is 2.59 bits per heavy atom. The highest BCUT2D eigenvalue weighted by Crippen LogP contribution is 2.23. The van der Waals surface area contributed by atoms with Gasteiger partial charge in [-0.3, -0.25) is 0 Å². The van der Waals surface area contributed by atoms with Crippen molar-refractivity contribution >= 4 is 38.6 Å². The highest BCUT2D eigenvalue weighted by Gasteiger charge is 2.29. The van der Waals surface area contributed by atoms with Crippen LogP contribution in [-0.4, -0.2) is 35.3 Å². The Balaban J connectivity index is 3.13. The van der Waals surface area contributed by atoms with Crippen molar-refractivity contribution in [3.63, 3.8) is 0 Å². The Kier molecular flexibility index (Phi) is 4.59. The molecular weight excluding hydrogens is 278 g/mol. The maximum Gasteiger partial charge on any atom is 0.254 e. The van der Waals surface area contributed by atoms with Gasteiger partial charge in [0.25, 0.3) is 10.0 Å². The van der Waals surface area contributed by atoms with Gasteiger partial charge in [-0.15, -0.1) is 11.3 Å². The summed E-state index contributed by atoms with van der Waals surface area (Å²) in [6, 6.07) is -0.205. The van der Waals surface area contributed by atoms with Crippen LogP contribution in [0.25, 0.3) is 0 Å². The highest BCUT2D eigenvalue weighted by molar-refractivity contribution is 7.91. The molecule has 0 aromatic carbocycles. The first-order valence-corrected chi connectivity index (χ1v) is 7.64. The number of hydrogen-bond acceptors (Lipinski definition) is 5. The van der Waals surface area contributed by atoms with Crippen LogP contribution >= 0.6 is 23.6 Å². The fourth-order valence-corrected chi connectivity index (χ4v) is 4.35. The van der Waals surface area contributed by atoms with Gasteiger partial charge in [-0.1, -0.05) is 12.2 Å². The topological polar surface area (TPSA) is 76.3 Å². The predicted octanol–water partition coefficient (Wildman–Crippen LogP) is 1.14. The quantitative estimate of drug-likeness (QED) is 0.824. The van der Waals surface area contributed by atoms with Gasteiger partial charge in [0.05, 0.1) is 22.7 Å². The molecule has 17 heavy (non-hydrogen) atoms. The molecule has 1 heterocycles. The Bertz CT molecular complexity index is 507. The minimum absolute atomic E-state index is 0.0479. The lowest BCUT2D eigenvalue weighted by Crippen LogP contribution is -2.41. The van der Waals surface area contributed by atoms with E-state index >= 15 is 0 Å². The Morgan fingerprint density at radius 2 is 2.24 bits per heavy atom. The third-order valence-electron chi connectivity index (χ3n) is 2.05. The van der Waals surface area contributed by atoms with Gasteiger partial charge in [-0.05, 0) is 20.8 Å². The molecule has 0 spiro atoms. The van der Waals surface area contributed by atoms with Crippen molar-refractivity contribution in [1.29, 1.82) is 0 Å². The molecule has 1 aromatic rings. The standard InChI is InChI=1S/C9H15N3O2S3/c1-6(2)12(5-8(10)15)17(13,14)9-4-11-7(3)16-9/h4,6H,5H2,1-3H3,(H2,10,15). The average Bonchev–Trinajstić information content (AvgIpc) is 2.61. The first kappa shape index (κ1) is 14.5. The number of aromatic nitrogens is 1. The summed E-state index contributed by atoms with van der Waals surface area (Å²) in [5, 5.41) is 0.711. The fourth-order valence-electron chi connectivity index (χ4n) is 1.28. The first-order chi connectivity index (χ1) is 7.75. The Labute approximate surface area is 111 Å². The highest BCUT2D eigenvalue weighted by atomic mass is 32.2. The van der Waals surface area contributed by atoms with E-state index in [0.717, 1.165) is 11.3 Å². The minimum atomic E-state index is -3.55. The summed E-state index contributed by atoms with van der Waals surface area (Å²) in [7, 11) is -3.55. The number of thiocarbonyl (C=S) groups is 1. The maximum atomic E-state index is 12.3. The molecule has 96 valence electrons. The van der Waals surface area contributed by atoms with E-state index in [4.69, 9.17) is 18.0 Å². The van der Waals surface area contributed by atoms with E-state index in [1.165, 1.54) is 10.5 Å². The van der Waals surface area contributed by atoms with Crippen molar-refractivity contribution in [3.8, 4) is 0 Å². The van der Waals surface area contributed by atoms with Crippen LogP contribution in [0, 0.1) is 6.92 Å². The summed E-state index contributed by atoms with van der Waals surface area (Å²) in [5.41, 5.74) is 5.42. The van der Waals surface area contributed by atoms with Gasteiger partial charge in [-0.2, -0.15) is 4.31 Å². The van der Waals surface area contributed by atoms with Crippen LogP contribution < -0.4 is 5.73 Å². The molecule has 0 unspecified atom stereocenters. The zero-order valence-corrected chi connectivity index (χ0v) is 12.3. The molecule has 0 fully saturated rings. The Morgan fingerprint density at radius 1 is 1.65 bits per heavy atom. The molecule has 5 nitrogen and oxygen atoms in total. The summed E-state index contributed by atoms with van der Waals surface area (Å²) >= 11 is 5.92. The van der Waals surface area contributed by atoms with Gasteiger partial charge in [0.2, 0.25) is 0 Å². The van der Waals surface area contributed by atoms with Crippen molar-refractivity contribution < 1.29 is 8.42 Å². The van der Waals surface area contributed by atoms with Crippen LogP contribution in [-0.2, 0) is 10.0 Å². The zero-order chi connectivity index (χ0) is 13.2. The molecule has 8 heteroatoms. The van der Waals surface area contributed by atoms with Crippen molar-refractivity contribution in [2.24, 2.45) is 5.73 Å². The van der Waals surface area contributed by atoms with Crippen molar-refractivity contribution in [3.05, 3.63) is 11.2 Å². The van der Waals surface area contributed by atoms with Crippen LogP contribution in [0.15, 0.2) is 10.4 Å². The lowest BCUT2D eigenvalue weighted by molar-refractivity contribution is 0.392. The fraction of sp³-hybridized carbons (Fsp3) is 0.556. The van der Waals surface area contributed by atoms with Crippen LogP contribution in [0.5, 0.6) is 0 Å². The SMILES string of the molecule is Cc1ncc(S(=O)(=O)N(CC(N)=S)C(C)C)s1. The largest absolute Gasteiger partial charge is 0.392 e. The van der Waals surface area contributed by atoms with E-state index in [0.29, 0.717) is 5.01 Å². The van der Waals surface area contributed by atoms with Gasteiger partial charge in [0, 0.05) is 6.04 Å². The van der Waals surface area contributed by atoms with Gasteiger partial charge in [-0.25, -0.2) is 13.4 Å². The second kappa shape index (κ2) is 5.38. The molecule has 0 aliphatic heterocycles. The Hall–Kier alpha value is -0.570. The smallest absolute Gasteiger partial charge is 0.254 e. The maximum absolute atomic E-state index is 12.3. The van der Waals surface area contributed by atoms with Crippen LogP contribution in [0.1, 0.15) is 18.9 Å². The molecule has 1 aromatic heterocycles. The first-order valence-electron chi connectivity index (χ1n) is 4.97. The molecule has 0 saturated carbocycles. The molecule has 0 amide bonds. The predicted molar refractivity (Wildman–Crippen MR) is 72.7 cm³/mol. The molecule has 0 aliphatic carbocycles. The van der Waals surface area contributed by atoms with Crippen LogP contribution in [0.4, 0.5) is 0 Å². The van der Waals surface area contributed by atoms with Gasteiger partial charge < -0.3 is 5.73 Å². The number of rotatable bonds is 5. The summed E-state index contributed by atoms with van der Waals surface area (Å²) in [5.74, 6) is 0. The summed E-state index contributed by atoms with van der Waals surface area (Å²) in [4.78, 5) is 4.11. The summed E-state index contributed by atoms with van der Waals surface area (Å²) < 4.78 is 26.1. The van der Waals surface area contributed by atoms with Gasteiger partial charge in [0.15, 0.2) is 4.21 Å². The molecule has 0 radical (unpaired) electrons. The van der Waals surface area contributed by atoms with Crippen LogP contribution in [0.2, 0.25) is 0 Å². The summed E-state index contributed by atoms with van der Waals surface area (Å²) in [6.45, 7) is 5.37. The molecular formula is C9H15N3O2S3. The van der Waals surface area contributed by atoms with E-state index < -0.39 is 10.0 Å². The number of sulfonamides is 1. The van der Waals surface area contributed by atoms with E-state index in [2.05, 4.69) is 4.98 Å². The van der Waals surface area contributed by atoms with Gasteiger partial charge >= 0.3 is 0 Å². The van der Waals surface area contributed by atoms with Gasteiger partial charge in [0.1, 0.15) is 0 Å². The lowest BCUT2D eigenvalue weighted by atomic mass is 10.4. The second-order valence-electron chi connectivity index (χ2n) is 3.81. The van der Waals surface area contributed by atoms with E-state index in [1.807, 2.05) is 0 Å².